The number of fused-ring (bicyclic) bond motifs is 2. The van der Waals surface area contributed by atoms with Crippen LogP contribution in [-0.4, -0.2) is 110 Å². The number of aliphatic carboxylic acids is 2. The van der Waals surface area contributed by atoms with E-state index in [1.165, 1.54) is 6.92 Å². The summed E-state index contributed by atoms with van der Waals surface area (Å²) in [6.45, 7) is 3.96. The highest BCUT2D eigenvalue weighted by atomic mass is 16.4. The summed E-state index contributed by atoms with van der Waals surface area (Å²) in [6, 6.07) is 5.81. The average Bonchev–Trinajstić information content (AvgIpc) is 3.75. The first-order valence-electron chi connectivity index (χ1n) is 18.0. The summed E-state index contributed by atoms with van der Waals surface area (Å²) < 4.78 is 0. The molecule has 18 nitrogen and oxygen atoms in total. The predicted octanol–water partition coefficient (Wildman–Crippen LogP) is -0.197. The van der Waals surface area contributed by atoms with E-state index in [1.807, 2.05) is 12.1 Å². The van der Waals surface area contributed by atoms with E-state index in [0.717, 1.165) is 10.9 Å². The van der Waals surface area contributed by atoms with E-state index in [-0.39, 0.29) is 25.2 Å². The van der Waals surface area contributed by atoms with Crippen LogP contribution in [0.3, 0.4) is 0 Å². The number of aromatic nitrogens is 2. The van der Waals surface area contributed by atoms with Crippen molar-refractivity contribution in [2.75, 3.05) is 6.61 Å². The molecule has 0 aliphatic heterocycles. The number of rotatable bonds is 20. The molecule has 18 heteroatoms. The smallest absolute Gasteiger partial charge is 0.326 e. The van der Waals surface area contributed by atoms with Crippen molar-refractivity contribution in [3.63, 3.8) is 0 Å². The van der Waals surface area contributed by atoms with Crippen molar-refractivity contribution in [2.24, 2.45) is 11.7 Å². The Morgan fingerprint density at radius 2 is 1.02 bits per heavy atom. The maximum atomic E-state index is 13.9. The Balaban J connectivity index is 1.60. The van der Waals surface area contributed by atoms with E-state index in [1.54, 1.807) is 62.6 Å². The highest BCUT2D eigenvalue weighted by Gasteiger charge is 2.34. The second-order valence-electron chi connectivity index (χ2n) is 14.0. The highest BCUT2D eigenvalue weighted by molar-refractivity contribution is 5.98. The van der Waals surface area contributed by atoms with E-state index in [2.05, 4.69) is 36.6 Å². The number of aromatic amines is 2. The van der Waals surface area contributed by atoms with Crippen molar-refractivity contribution in [1.82, 2.24) is 36.6 Å². The number of aliphatic hydroxyl groups excluding tert-OH is 1. The molecule has 0 radical (unpaired) electrons. The van der Waals surface area contributed by atoms with Crippen LogP contribution in [0.1, 0.15) is 44.7 Å². The van der Waals surface area contributed by atoms with Crippen molar-refractivity contribution in [2.45, 2.75) is 82.7 Å². The standard InChI is InChI=1S/C38H48N8O10/c1-19(2)12-30(38(55)56)45-34(51)27(13-21-16-40-25-10-6-4-8-23(21)25)44-37(54)31(18-47)46-35(52)28(14-22-17-41-26-11-7-5-9-24(22)26)43-36(53)29(15-32(48)49)42-33(50)20(3)39/h4-11,16-17,19-20,27-31,40-41,47H,12-15,18,39H2,1-3H3,(H,42,50)(H,43,53)(H,44,54)(H,45,51)(H,46,52)(H,48,49)(H,55,56). The van der Waals surface area contributed by atoms with Crippen LogP contribution >= 0.6 is 0 Å². The Hall–Kier alpha value is -6.27. The van der Waals surface area contributed by atoms with Crippen molar-refractivity contribution in [3.8, 4) is 0 Å². The molecule has 2 aromatic carbocycles. The summed E-state index contributed by atoms with van der Waals surface area (Å²) in [5, 5.41) is 43.2. The van der Waals surface area contributed by atoms with Gasteiger partial charge in [-0.1, -0.05) is 50.2 Å². The number of carbonyl (C=O) groups is 7. The van der Waals surface area contributed by atoms with E-state index in [9.17, 15) is 48.9 Å². The Morgan fingerprint density at radius 1 is 0.607 bits per heavy atom. The average molecular weight is 777 g/mol. The Bertz CT molecular complexity index is 2060. The minimum absolute atomic E-state index is 0.0929. The zero-order chi connectivity index (χ0) is 41.1. The van der Waals surface area contributed by atoms with Crippen LogP contribution in [0.4, 0.5) is 0 Å². The molecule has 0 aliphatic rings. The summed E-state index contributed by atoms with van der Waals surface area (Å²) >= 11 is 0. The molecule has 2 aromatic heterocycles. The van der Waals surface area contributed by atoms with Crippen LogP contribution in [0.2, 0.25) is 0 Å². The SMILES string of the molecule is CC(C)CC(NC(=O)C(Cc1c[nH]c2ccccc12)NC(=O)C(CO)NC(=O)C(Cc1c[nH]c2ccccc12)NC(=O)C(CC(=O)O)NC(=O)C(C)N)C(=O)O. The predicted molar refractivity (Wildman–Crippen MR) is 204 cm³/mol. The molecule has 4 aromatic rings. The van der Waals surface area contributed by atoms with Gasteiger partial charge in [0.25, 0.3) is 0 Å². The van der Waals surface area contributed by atoms with Gasteiger partial charge in [-0.15, -0.1) is 0 Å². The molecular formula is C38H48N8O10. The number of carboxylic acid groups (broad SMARTS) is 2. The molecule has 5 amide bonds. The summed E-state index contributed by atoms with van der Waals surface area (Å²) in [6.07, 6.45) is 2.25. The van der Waals surface area contributed by atoms with Crippen molar-refractivity contribution in [1.29, 1.82) is 0 Å². The van der Waals surface area contributed by atoms with Crippen LogP contribution < -0.4 is 32.3 Å². The molecule has 2 heterocycles. The van der Waals surface area contributed by atoms with Gasteiger partial charge < -0.3 is 57.6 Å². The van der Waals surface area contributed by atoms with Gasteiger partial charge in [0.1, 0.15) is 30.2 Å². The maximum Gasteiger partial charge on any atom is 0.326 e. The van der Waals surface area contributed by atoms with Crippen LogP contribution in [0.15, 0.2) is 60.9 Å². The summed E-state index contributed by atoms with van der Waals surface area (Å²) in [5.41, 5.74) is 8.25. The van der Waals surface area contributed by atoms with Gasteiger partial charge in [0.05, 0.1) is 19.1 Å². The molecule has 6 atom stereocenters. The van der Waals surface area contributed by atoms with Crippen molar-refractivity contribution in [3.05, 3.63) is 72.1 Å². The zero-order valence-electron chi connectivity index (χ0n) is 31.1. The van der Waals surface area contributed by atoms with Gasteiger partial charge in [-0.05, 0) is 42.5 Å². The lowest BCUT2D eigenvalue weighted by Gasteiger charge is -2.26. The van der Waals surface area contributed by atoms with Crippen molar-refractivity contribution >= 4 is 63.3 Å². The molecule has 6 unspecified atom stereocenters. The number of carboxylic acids is 2. The third-order valence-corrected chi connectivity index (χ3v) is 9.03. The van der Waals surface area contributed by atoms with E-state index in [4.69, 9.17) is 5.73 Å². The molecule has 4 rings (SSSR count). The minimum Gasteiger partial charge on any atom is -0.481 e. The topological polar surface area (TPSA) is 298 Å². The number of para-hydroxylation sites is 2. The first-order chi connectivity index (χ1) is 26.6. The summed E-state index contributed by atoms with van der Waals surface area (Å²) in [5.74, 6) is -7.41. The molecule has 0 aliphatic carbocycles. The molecule has 0 bridgehead atoms. The number of benzene rings is 2. The van der Waals surface area contributed by atoms with E-state index in [0.29, 0.717) is 22.0 Å². The van der Waals surface area contributed by atoms with Gasteiger partial charge in [-0.2, -0.15) is 0 Å². The molecule has 0 spiro atoms. The van der Waals surface area contributed by atoms with Gasteiger partial charge in [-0.25, -0.2) is 4.79 Å². The van der Waals surface area contributed by atoms with Crippen molar-refractivity contribution < 1.29 is 48.9 Å². The number of amides is 5. The van der Waals surface area contributed by atoms with Crippen LogP contribution in [0.5, 0.6) is 0 Å². The Kier molecular flexibility index (Phi) is 14.7. The fourth-order valence-electron chi connectivity index (χ4n) is 6.12. The largest absolute Gasteiger partial charge is 0.481 e. The second-order valence-corrected chi connectivity index (χ2v) is 14.0. The zero-order valence-corrected chi connectivity index (χ0v) is 31.1. The molecule has 300 valence electrons. The van der Waals surface area contributed by atoms with Gasteiger partial charge >= 0.3 is 11.9 Å². The van der Waals surface area contributed by atoms with Gasteiger partial charge in [0.15, 0.2) is 0 Å². The number of carbonyl (C=O) groups excluding carboxylic acids is 5. The number of nitrogens with one attached hydrogen (secondary N) is 7. The Labute approximate surface area is 321 Å². The van der Waals surface area contributed by atoms with Crippen LogP contribution in [0.25, 0.3) is 21.8 Å². The fraction of sp³-hybridized carbons (Fsp3) is 0.395. The normalized spacial score (nSPS) is 14.5. The molecule has 0 fully saturated rings. The molecule has 56 heavy (non-hydrogen) atoms. The van der Waals surface area contributed by atoms with E-state index < -0.39 is 90.8 Å². The summed E-state index contributed by atoms with van der Waals surface area (Å²) in [4.78, 5) is 96.9. The lowest BCUT2D eigenvalue weighted by molar-refractivity contribution is -0.143. The van der Waals surface area contributed by atoms with Gasteiger partial charge in [0.2, 0.25) is 29.5 Å². The lowest BCUT2D eigenvalue weighted by atomic mass is 10.0. The van der Waals surface area contributed by atoms with Crippen LogP contribution in [0, 0.1) is 5.92 Å². The first kappa shape index (κ1) is 42.5. The monoisotopic (exact) mass is 776 g/mol. The molecule has 0 saturated heterocycles. The second kappa shape index (κ2) is 19.4. The first-order valence-corrected chi connectivity index (χ1v) is 18.0. The lowest BCUT2D eigenvalue weighted by Crippen LogP contribution is -2.60. The van der Waals surface area contributed by atoms with Gasteiger partial charge in [-0.3, -0.25) is 28.8 Å². The minimum atomic E-state index is -1.68. The van der Waals surface area contributed by atoms with E-state index >= 15 is 0 Å². The number of hydrogen-bond acceptors (Lipinski definition) is 9. The number of nitrogens with two attached hydrogens (primary N) is 1. The van der Waals surface area contributed by atoms with Crippen LogP contribution in [-0.2, 0) is 46.4 Å². The maximum absolute atomic E-state index is 13.9. The van der Waals surface area contributed by atoms with Gasteiger partial charge in [0, 0.05) is 47.0 Å². The number of H-pyrrole nitrogens is 2. The number of hydrogen-bond donors (Lipinski definition) is 11. The molecular weight excluding hydrogens is 728 g/mol. The molecule has 12 N–H and O–H groups in total. The number of aliphatic hydroxyl groups is 1. The highest BCUT2D eigenvalue weighted by Crippen LogP contribution is 2.21. The third-order valence-electron chi connectivity index (χ3n) is 9.03. The fourth-order valence-corrected chi connectivity index (χ4v) is 6.12. The molecule has 0 saturated carbocycles. The summed E-state index contributed by atoms with van der Waals surface area (Å²) in [7, 11) is 0. The quantitative estimate of drug-likeness (QED) is 0.0559. The Morgan fingerprint density at radius 3 is 1.45 bits per heavy atom. The third kappa shape index (κ3) is 11.4.